The number of carbonyl (C=O) groups is 1. The Balaban J connectivity index is 2.13. The second kappa shape index (κ2) is 11.1. The number of nitrogens with zero attached hydrogens (tertiary/aromatic N) is 2. The summed E-state index contributed by atoms with van der Waals surface area (Å²) in [6.07, 6.45) is -1.24. The van der Waals surface area contributed by atoms with E-state index in [0.29, 0.717) is 4.90 Å². The molecule has 3 rings (SSSR count). The maximum absolute atomic E-state index is 13.9. The summed E-state index contributed by atoms with van der Waals surface area (Å²) >= 11 is 0. The van der Waals surface area contributed by atoms with Crippen LogP contribution in [0.25, 0.3) is 0 Å². The number of benzene rings is 2. The molecule has 0 aliphatic carbocycles. The fourth-order valence-electron chi connectivity index (χ4n) is 2.53. The molecule has 1 aliphatic rings. The molecule has 1 saturated heterocycles. The van der Waals surface area contributed by atoms with Crippen LogP contribution in [-0.2, 0) is 13.0 Å². The van der Waals surface area contributed by atoms with E-state index in [-0.39, 0.29) is 5.56 Å². The van der Waals surface area contributed by atoms with Crippen molar-refractivity contribution in [3.8, 4) is 5.75 Å². The van der Waals surface area contributed by atoms with Gasteiger partial charge in [0.15, 0.2) is 0 Å². The Labute approximate surface area is 204 Å². The van der Waals surface area contributed by atoms with E-state index < -0.39 is 105 Å². The van der Waals surface area contributed by atoms with Crippen molar-refractivity contribution in [1.29, 1.82) is 0 Å². The second-order valence-corrected chi connectivity index (χ2v) is 7.06. The highest BCUT2D eigenvalue weighted by Crippen LogP contribution is 2.19. The molecule has 1 N–H and O–H groups in total. The Kier molecular flexibility index (Phi) is 3.89. The van der Waals surface area contributed by atoms with Gasteiger partial charge in [-0.25, -0.2) is 9.18 Å². The third-order valence-electron chi connectivity index (χ3n) is 4.10. The summed E-state index contributed by atoms with van der Waals surface area (Å²) in [5, 5.41) is 1.87. The molecule has 1 heterocycles. The van der Waals surface area contributed by atoms with E-state index >= 15 is 0 Å². The van der Waals surface area contributed by atoms with Gasteiger partial charge in [-0.1, -0.05) is 38.1 Å². The Hall–Kier alpha value is -2.60. The normalized spacial score (nSPS) is 26.4. The number of hydrogen-bond donors (Lipinski definition) is 1. The lowest BCUT2D eigenvalue weighted by atomic mass is 10.0. The molecule has 2 amide bonds. The summed E-state index contributed by atoms with van der Waals surface area (Å²) < 4.78 is 136. The van der Waals surface area contributed by atoms with Crippen LogP contribution in [0.2, 0.25) is 0 Å². The van der Waals surface area contributed by atoms with Crippen LogP contribution in [0.1, 0.15) is 57.0 Å². The van der Waals surface area contributed by atoms with Crippen LogP contribution < -0.4 is 10.1 Å². The summed E-state index contributed by atoms with van der Waals surface area (Å²) in [4.78, 5) is 15.0. The lowest BCUT2D eigenvalue weighted by Crippen LogP contribution is -2.49. The molecule has 0 radical (unpaired) electrons. The number of hydrogen-bond acceptors (Lipinski definition) is 3. The van der Waals surface area contributed by atoms with Crippen LogP contribution in [-0.4, -0.2) is 48.5 Å². The molecule has 0 saturated carbocycles. The Bertz CT molecular complexity index is 1390. The average molecular weight is 442 g/mol. The molecule has 31 heavy (non-hydrogen) atoms. The summed E-state index contributed by atoms with van der Waals surface area (Å²) in [5.41, 5.74) is -1.29. The zero-order valence-corrected chi connectivity index (χ0v) is 17.5. The molecule has 0 atom stereocenters. The minimum Gasteiger partial charge on any atom is -0.493 e. The van der Waals surface area contributed by atoms with E-state index in [1.165, 1.54) is 20.9 Å². The van der Waals surface area contributed by atoms with Crippen LogP contribution in [0.5, 0.6) is 5.75 Å². The lowest BCUT2D eigenvalue weighted by molar-refractivity contribution is 0.127. The molecule has 0 aromatic heterocycles. The van der Waals surface area contributed by atoms with Crippen molar-refractivity contribution in [2.45, 2.75) is 45.7 Å². The monoisotopic (exact) mass is 441 g/mol. The van der Waals surface area contributed by atoms with Crippen molar-refractivity contribution in [2.24, 2.45) is 5.92 Å². The first-order valence-electron chi connectivity index (χ1n) is 16.7. The van der Waals surface area contributed by atoms with E-state index in [1.807, 2.05) is 5.32 Å². The number of amides is 2. The van der Waals surface area contributed by atoms with Crippen LogP contribution >= 0.6 is 0 Å². The highest BCUT2D eigenvalue weighted by Gasteiger charge is 2.27. The number of piperidine rings is 1. The SMILES string of the molecule is [2H]c1c([2H])c(C([2H])([2H])NC(=O)N(C2CC([2H])([2H])N(C)C([2H])([2H])C2)C([2H])([2H])c2ccc(F)cc2)c([2H])c([2H])c1OC([2H])([2H])C(C)C. The van der Waals surface area contributed by atoms with Crippen molar-refractivity contribution >= 4 is 6.03 Å². The Morgan fingerprint density at radius 1 is 1.26 bits per heavy atom. The smallest absolute Gasteiger partial charge is 0.318 e. The summed E-state index contributed by atoms with van der Waals surface area (Å²) in [6, 6.07) is -3.17. The van der Waals surface area contributed by atoms with Gasteiger partial charge in [-0.2, -0.15) is 0 Å². The third kappa shape index (κ3) is 7.24. The molecule has 0 unspecified atom stereocenters. The van der Waals surface area contributed by atoms with Crippen LogP contribution in [0, 0.1) is 11.7 Å². The van der Waals surface area contributed by atoms with E-state index in [1.54, 1.807) is 0 Å². The predicted molar refractivity (Wildman–Crippen MR) is 121 cm³/mol. The Morgan fingerprint density at radius 3 is 2.52 bits per heavy atom. The van der Waals surface area contributed by atoms with E-state index in [0.717, 1.165) is 29.2 Å². The van der Waals surface area contributed by atoms with E-state index in [2.05, 4.69) is 0 Å². The molecular weight excluding hydrogens is 393 g/mol. The number of nitrogens with one attached hydrogen (secondary N) is 1. The number of halogens is 1. The van der Waals surface area contributed by atoms with Crippen molar-refractivity contribution in [2.75, 3.05) is 26.6 Å². The fourth-order valence-corrected chi connectivity index (χ4v) is 2.53. The second-order valence-electron chi connectivity index (χ2n) is 7.06. The molecule has 5 nitrogen and oxygen atoms in total. The average Bonchev–Trinajstić information content (AvgIpc) is 2.88. The fraction of sp³-hybridized carbons (Fsp3) is 0.480. The van der Waals surface area contributed by atoms with Gasteiger partial charge < -0.3 is 19.9 Å². The number of ether oxygens (including phenoxy) is 1. The Morgan fingerprint density at radius 2 is 1.90 bits per heavy atom. The molecule has 1 aliphatic heterocycles. The van der Waals surface area contributed by atoms with Crippen molar-refractivity contribution < 1.29 is 33.1 Å². The minimum absolute atomic E-state index is 0.301. The maximum atomic E-state index is 13.9. The van der Waals surface area contributed by atoms with Crippen LogP contribution in [0.4, 0.5) is 9.18 Å². The van der Waals surface area contributed by atoms with Gasteiger partial charge in [0.05, 0.1) is 20.3 Å². The summed E-state index contributed by atoms with van der Waals surface area (Å²) in [5.74, 6) is -2.30. The molecule has 0 spiro atoms. The predicted octanol–water partition coefficient (Wildman–Crippen LogP) is 4.67. The molecule has 6 heteroatoms. The first-order chi connectivity index (χ1) is 20.3. The largest absolute Gasteiger partial charge is 0.493 e. The highest BCUT2D eigenvalue weighted by atomic mass is 19.1. The van der Waals surface area contributed by atoms with Gasteiger partial charge in [-0.15, -0.1) is 0 Å². The molecule has 2 aromatic rings. The van der Waals surface area contributed by atoms with Crippen LogP contribution in [0.15, 0.2) is 48.4 Å². The van der Waals surface area contributed by atoms with Crippen molar-refractivity contribution in [3.63, 3.8) is 0 Å². The zero-order valence-electron chi connectivity index (χ0n) is 31.5. The maximum Gasteiger partial charge on any atom is 0.318 e. The highest BCUT2D eigenvalue weighted by molar-refractivity contribution is 5.74. The number of likely N-dealkylation sites (tertiary alicyclic amines) is 1. The van der Waals surface area contributed by atoms with E-state index in [9.17, 15) is 9.18 Å². The number of urea groups is 1. The van der Waals surface area contributed by atoms with E-state index in [4.69, 9.17) is 23.9 Å². The number of rotatable bonds is 8. The van der Waals surface area contributed by atoms with Gasteiger partial charge >= 0.3 is 6.03 Å². The number of carbonyl (C=O) groups excluding carboxylic acids is 1. The quantitative estimate of drug-likeness (QED) is 0.648. The molecule has 0 bridgehead atoms. The van der Waals surface area contributed by atoms with Gasteiger partial charge in [0.25, 0.3) is 0 Å². The van der Waals surface area contributed by atoms with Gasteiger partial charge in [0, 0.05) is 24.5 Å². The van der Waals surface area contributed by atoms with Gasteiger partial charge in [-0.05, 0) is 74.1 Å². The molecule has 2 aromatic carbocycles. The lowest BCUT2D eigenvalue weighted by Gasteiger charge is -2.37. The summed E-state index contributed by atoms with van der Waals surface area (Å²) in [7, 11) is 1.18. The van der Waals surface area contributed by atoms with Gasteiger partial charge in [0.1, 0.15) is 11.6 Å². The molecular formula is C25H34FN3O2. The first kappa shape index (κ1) is 10.8. The van der Waals surface area contributed by atoms with Gasteiger partial charge in [0.2, 0.25) is 0 Å². The minimum atomic E-state index is -3.24. The topological polar surface area (TPSA) is 44.8 Å². The molecule has 1 fully saturated rings. The third-order valence-corrected chi connectivity index (χ3v) is 4.10. The molecule has 168 valence electrons. The first-order valence-corrected chi connectivity index (χ1v) is 9.69. The standard InChI is InChI=1S/C25H34FN3O2/c1-19(2)18-31-24-10-6-20(7-11-24)16-27-25(30)29(23-12-14-28(3)15-13-23)17-21-4-8-22(26)9-5-21/h4-11,19,23H,12-18H2,1-3H3,(H,27,30)/i6D,7D,10D,11D,14D2,15D2,16D2,17D2,18D2. The zero-order chi connectivity index (χ0) is 34.7. The van der Waals surface area contributed by atoms with Crippen molar-refractivity contribution in [1.82, 2.24) is 15.1 Å². The summed E-state index contributed by atoms with van der Waals surface area (Å²) in [6.45, 7) is -10.5. The van der Waals surface area contributed by atoms with Gasteiger partial charge in [-0.3, -0.25) is 0 Å². The van der Waals surface area contributed by atoms with Crippen LogP contribution in [0.3, 0.4) is 0 Å². The van der Waals surface area contributed by atoms with Crippen molar-refractivity contribution in [3.05, 3.63) is 65.4 Å².